The van der Waals surface area contributed by atoms with E-state index in [4.69, 9.17) is 9.47 Å². The van der Waals surface area contributed by atoms with Gasteiger partial charge in [-0.3, -0.25) is 9.59 Å². The van der Waals surface area contributed by atoms with E-state index in [0.29, 0.717) is 17.9 Å². The summed E-state index contributed by atoms with van der Waals surface area (Å²) in [6.45, 7) is 3.79. The molecule has 0 aliphatic heterocycles. The van der Waals surface area contributed by atoms with Crippen molar-refractivity contribution in [3.63, 3.8) is 0 Å². The van der Waals surface area contributed by atoms with Gasteiger partial charge in [-0.15, -0.1) is 0 Å². The molecule has 0 saturated carbocycles. The van der Waals surface area contributed by atoms with Gasteiger partial charge in [0, 0.05) is 18.6 Å². The summed E-state index contributed by atoms with van der Waals surface area (Å²) in [5.74, 6) is -1.01. The zero-order valence-electron chi connectivity index (χ0n) is 16.2. The molecule has 2 amide bonds. The fourth-order valence-electron chi connectivity index (χ4n) is 2.48. The Morgan fingerprint density at radius 3 is 2.29 bits per heavy atom. The van der Waals surface area contributed by atoms with Crippen molar-refractivity contribution >= 4 is 29.2 Å². The number of carbonyl (C=O) groups is 3. The number of benzene rings is 2. The quantitative estimate of drug-likeness (QED) is 0.532. The number of esters is 1. The Hall–Kier alpha value is -3.35. The Bertz CT molecular complexity index is 849. The molecule has 2 N–H and O–H groups in total. The SMILES string of the molecule is CCCCOc1cc(NC(C)=O)c(NC(=O)c2ccccc2)cc1C(=O)OC. The van der Waals surface area contributed by atoms with E-state index in [1.165, 1.54) is 26.2 Å². The van der Waals surface area contributed by atoms with Crippen molar-refractivity contribution in [3.05, 3.63) is 53.6 Å². The average Bonchev–Trinajstić information content (AvgIpc) is 2.69. The second-order valence-electron chi connectivity index (χ2n) is 6.09. The number of carbonyl (C=O) groups excluding carboxylic acids is 3. The fourth-order valence-corrected chi connectivity index (χ4v) is 2.48. The van der Waals surface area contributed by atoms with Gasteiger partial charge in [-0.25, -0.2) is 4.79 Å². The van der Waals surface area contributed by atoms with Crippen molar-refractivity contribution in [2.45, 2.75) is 26.7 Å². The van der Waals surface area contributed by atoms with Gasteiger partial charge in [0.15, 0.2) is 0 Å². The minimum absolute atomic E-state index is 0.163. The van der Waals surface area contributed by atoms with Crippen LogP contribution in [0.15, 0.2) is 42.5 Å². The van der Waals surface area contributed by atoms with Crippen molar-refractivity contribution in [2.24, 2.45) is 0 Å². The van der Waals surface area contributed by atoms with Crippen LogP contribution in [0.3, 0.4) is 0 Å². The highest BCUT2D eigenvalue weighted by Gasteiger charge is 2.20. The van der Waals surface area contributed by atoms with Crippen LogP contribution in [0.2, 0.25) is 0 Å². The lowest BCUT2D eigenvalue weighted by Gasteiger charge is -2.17. The molecule has 0 radical (unpaired) electrons. The van der Waals surface area contributed by atoms with Crippen LogP contribution in [0.4, 0.5) is 11.4 Å². The van der Waals surface area contributed by atoms with Gasteiger partial charge in [0.25, 0.3) is 5.91 Å². The Morgan fingerprint density at radius 1 is 1.00 bits per heavy atom. The van der Waals surface area contributed by atoms with Crippen molar-refractivity contribution in [1.82, 2.24) is 0 Å². The molecule has 7 heteroatoms. The largest absolute Gasteiger partial charge is 0.493 e. The van der Waals surface area contributed by atoms with Crippen LogP contribution >= 0.6 is 0 Å². The highest BCUT2D eigenvalue weighted by molar-refractivity contribution is 6.08. The molecule has 0 atom stereocenters. The minimum atomic E-state index is -0.601. The molecule has 148 valence electrons. The fraction of sp³-hybridized carbons (Fsp3) is 0.286. The molecule has 0 spiro atoms. The zero-order valence-corrected chi connectivity index (χ0v) is 16.2. The topological polar surface area (TPSA) is 93.7 Å². The highest BCUT2D eigenvalue weighted by atomic mass is 16.5. The van der Waals surface area contributed by atoms with Crippen LogP contribution in [0, 0.1) is 0 Å². The lowest BCUT2D eigenvalue weighted by molar-refractivity contribution is -0.114. The molecule has 0 unspecified atom stereocenters. The first-order chi connectivity index (χ1) is 13.5. The van der Waals surface area contributed by atoms with E-state index in [2.05, 4.69) is 10.6 Å². The standard InChI is InChI=1S/C21H24N2O5/c1-4-5-11-28-19-13-18(22-14(2)24)17(12-16(19)21(26)27-3)23-20(25)15-9-7-6-8-10-15/h6-10,12-13H,4-5,11H2,1-3H3,(H,22,24)(H,23,25). The van der Waals surface area contributed by atoms with E-state index in [0.717, 1.165) is 12.8 Å². The van der Waals surface area contributed by atoms with Crippen LogP contribution in [0.5, 0.6) is 5.75 Å². The number of anilines is 2. The molecule has 0 aliphatic carbocycles. The number of hydrogen-bond acceptors (Lipinski definition) is 5. The first kappa shape index (κ1) is 21.0. The summed E-state index contributed by atoms with van der Waals surface area (Å²) in [7, 11) is 1.27. The normalized spacial score (nSPS) is 10.1. The number of nitrogens with one attached hydrogen (secondary N) is 2. The average molecular weight is 384 g/mol. The first-order valence-electron chi connectivity index (χ1n) is 8.99. The van der Waals surface area contributed by atoms with Crippen molar-refractivity contribution < 1.29 is 23.9 Å². The molecule has 0 fully saturated rings. The predicted octanol–water partition coefficient (Wildman–Crippen LogP) is 3.86. The first-order valence-corrected chi connectivity index (χ1v) is 8.99. The van der Waals surface area contributed by atoms with E-state index in [1.807, 2.05) is 6.92 Å². The third kappa shape index (κ3) is 5.57. The monoisotopic (exact) mass is 384 g/mol. The van der Waals surface area contributed by atoms with E-state index in [-0.39, 0.29) is 28.8 Å². The van der Waals surface area contributed by atoms with Gasteiger partial charge in [-0.2, -0.15) is 0 Å². The number of methoxy groups -OCH3 is 1. The summed E-state index contributed by atoms with van der Waals surface area (Å²) in [6, 6.07) is 11.6. The molecule has 0 saturated heterocycles. The molecule has 0 bridgehead atoms. The number of rotatable bonds is 8. The lowest BCUT2D eigenvalue weighted by atomic mass is 10.1. The maximum absolute atomic E-state index is 12.5. The number of ether oxygens (including phenoxy) is 2. The smallest absolute Gasteiger partial charge is 0.341 e. The Labute approximate surface area is 164 Å². The summed E-state index contributed by atoms with van der Waals surface area (Å²) in [4.78, 5) is 36.3. The summed E-state index contributed by atoms with van der Waals surface area (Å²) in [5.41, 5.74) is 1.21. The third-order valence-electron chi connectivity index (χ3n) is 3.88. The van der Waals surface area contributed by atoms with Gasteiger partial charge in [0.1, 0.15) is 11.3 Å². The Morgan fingerprint density at radius 2 is 1.68 bits per heavy atom. The maximum atomic E-state index is 12.5. The molecule has 0 aliphatic rings. The van der Waals surface area contributed by atoms with Crippen molar-refractivity contribution in [2.75, 3.05) is 24.4 Å². The maximum Gasteiger partial charge on any atom is 0.341 e. The number of unbranched alkanes of at least 4 members (excludes halogenated alkanes) is 1. The van der Waals surface area contributed by atoms with Gasteiger partial charge in [-0.1, -0.05) is 31.5 Å². The molecule has 2 aromatic rings. The molecule has 2 aromatic carbocycles. The van der Waals surface area contributed by atoms with Crippen LogP contribution < -0.4 is 15.4 Å². The van der Waals surface area contributed by atoms with Gasteiger partial charge < -0.3 is 20.1 Å². The second-order valence-corrected chi connectivity index (χ2v) is 6.09. The lowest BCUT2D eigenvalue weighted by Crippen LogP contribution is -2.17. The third-order valence-corrected chi connectivity index (χ3v) is 3.88. The van der Waals surface area contributed by atoms with E-state index in [1.54, 1.807) is 30.3 Å². The van der Waals surface area contributed by atoms with Gasteiger partial charge >= 0.3 is 5.97 Å². The molecule has 0 aromatic heterocycles. The molecule has 0 heterocycles. The molecule has 7 nitrogen and oxygen atoms in total. The molecule has 2 rings (SSSR count). The Balaban J connectivity index is 2.44. The van der Waals surface area contributed by atoms with Crippen molar-refractivity contribution in [1.29, 1.82) is 0 Å². The molecular weight excluding hydrogens is 360 g/mol. The summed E-state index contributed by atoms with van der Waals surface area (Å²) >= 11 is 0. The number of amides is 2. The van der Waals surface area contributed by atoms with Crippen LogP contribution in [-0.2, 0) is 9.53 Å². The van der Waals surface area contributed by atoms with Gasteiger partial charge in [0.2, 0.25) is 5.91 Å². The summed E-state index contributed by atoms with van der Waals surface area (Å²) in [6.07, 6.45) is 1.74. The molecular formula is C21H24N2O5. The molecule has 28 heavy (non-hydrogen) atoms. The van der Waals surface area contributed by atoms with Gasteiger partial charge in [-0.05, 0) is 24.6 Å². The van der Waals surface area contributed by atoms with Crippen molar-refractivity contribution in [3.8, 4) is 5.75 Å². The summed E-state index contributed by atoms with van der Waals surface area (Å²) < 4.78 is 10.5. The highest BCUT2D eigenvalue weighted by Crippen LogP contribution is 2.32. The Kier molecular flexibility index (Phi) is 7.56. The van der Waals surface area contributed by atoms with E-state index in [9.17, 15) is 14.4 Å². The van der Waals surface area contributed by atoms with Crippen LogP contribution in [0.25, 0.3) is 0 Å². The van der Waals surface area contributed by atoms with Crippen LogP contribution in [0.1, 0.15) is 47.4 Å². The second kappa shape index (κ2) is 10.1. The van der Waals surface area contributed by atoms with E-state index >= 15 is 0 Å². The summed E-state index contributed by atoms with van der Waals surface area (Å²) in [5, 5.41) is 5.39. The van der Waals surface area contributed by atoms with Gasteiger partial charge in [0.05, 0.1) is 25.1 Å². The number of hydrogen-bond donors (Lipinski definition) is 2. The predicted molar refractivity (Wildman–Crippen MR) is 107 cm³/mol. The zero-order chi connectivity index (χ0) is 20.5. The minimum Gasteiger partial charge on any atom is -0.493 e. The van der Waals surface area contributed by atoms with E-state index < -0.39 is 5.97 Å². The van der Waals surface area contributed by atoms with Crippen LogP contribution in [-0.4, -0.2) is 31.5 Å².